The van der Waals surface area contributed by atoms with Crippen LogP contribution in [-0.2, 0) is 17.8 Å². The molecule has 1 heterocycles. The van der Waals surface area contributed by atoms with Crippen molar-refractivity contribution in [1.82, 2.24) is 15.5 Å². The highest BCUT2D eigenvalue weighted by atomic mass is 35.5. The number of anilines is 1. The standard InChI is InChI=1S/C12H14N4O2.ClH/c1-8-15-12(18-16-8)7-14-11(17)6-9-2-4-10(13)5-3-9;/h2-5H,6-7,13H2,1H3,(H,14,17);1H. The van der Waals surface area contributed by atoms with E-state index in [9.17, 15) is 4.79 Å². The van der Waals surface area contributed by atoms with Gasteiger partial charge in [0.05, 0.1) is 13.0 Å². The van der Waals surface area contributed by atoms with Crippen LogP contribution >= 0.6 is 12.4 Å². The minimum Gasteiger partial charge on any atom is -0.399 e. The third kappa shape index (κ3) is 4.59. The third-order valence-corrected chi connectivity index (χ3v) is 2.35. The number of aryl methyl sites for hydroxylation is 1. The van der Waals surface area contributed by atoms with Crippen LogP contribution in [0.3, 0.4) is 0 Å². The molecule has 2 rings (SSSR count). The lowest BCUT2D eigenvalue weighted by molar-refractivity contribution is -0.120. The van der Waals surface area contributed by atoms with E-state index in [2.05, 4.69) is 15.5 Å². The van der Waals surface area contributed by atoms with Crippen molar-refractivity contribution in [2.24, 2.45) is 0 Å². The summed E-state index contributed by atoms with van der Waals surface area (Å²) >= 11 is 0. The van der Waals surface area contributed by atoms with Crippen molar-refractivity contribution >= 4 is 24.0 Å². The van der Waals surface area contributed by atoms with Gasteiger partial charge in [-0.3, -0.25) is 4.79 Å². The highest BCUT2D eigenvalue weighted by molar-refractivity contribution is 5.85. The number of nitrogens with one attached hydrogen (secondary N) is 1. The Labute approximate surface area is 116 Å². The highest BCUT2D eigenvalue weighted by Gasteiger charge is 2.06. The fraction of sp³-hybridized carbons (Fsp3) is 0.250. The molecule has 1 aromatic carbocycles. The smallest absolute Gasteiger partial charge is 0.246 e. The number of hydrogen-bond donors (Lipinski definition) is 2. The summed E-state index contributed by atoms with van der Waals surface area (Å²) in [6.07, 6.45) is 0.299. The maximum atomic E-state index is 11.6. The van der Waals surface area contributed by atoms with Crippen LogP contribution in [0.1, 0.15) is 17.3 Å². The van der Waals surface area contributed by atoms with Gasteiger partial charge in [0.2, 0.25) is 11.8 Å². The Hall–Kier alpha value is -2.08. The zero-order chi connectivity index (χ0) is 13.0. The van der Waals surface area contributed by atoms with E-state index in [0.717, 1.165) is 5.56 Å². The summed E-state index contributed by atoms with van der Waals surface area (Å²) in [5.74, 6) is 0.853. The predicted molar refractivity (Wildman–Crippen MR) is 72.7 cm³/mol. The molecule has 1 aromatic heterocycles. The number of aromatic nitrogens is 2. The van der Waals surface area contributed by atoms with E-state index in [1.807, 2.05) is 12.1 Å². The van der Waals surface area contributed by atoms with E-state index in [4.69, 9.17) is 10.3 Å². The number of hydrogen-bond acceptors (Lipinski definition) is 5. The molecule has 0 bridgehead atoms. The van der Waals surface area contributed by atoms with Crippen LogP contribution in [0.4, 0.5) is 5.69 Å². The summed E-state index contributed by atoms with van der Waals surface area (Å²) in [5, 5.41) is 6.35. The molecule has 2 aromatic rings. The van der Waals surface area contributed by atoms with Crippen molar-refractivity contribution in [3.05, 3.63) is 41.5 Å². The summed E-state index contributed by atoms with van der Waals surface area (Å²) in [4.78, 5) is 15.6. The first-order valence-corrected chi connectivity index (χ1v) is 5.54. The molecule has 102 valence electrons. The summed E-state index contributed by atoms with van der Waals surface area (Å²) in [6, 6.07) is 7.19. The predicted octanol–water partition coefficient (Wildman–Crippen LogP) is 1.24. The van der Waals surface area contributed by atoms with E-state index in [1.165, 1.54) is 0 Å². The summed E-state index contributed by atoms with van der Waals surface area (Å²) in [7, 11) is 0. The van der Waals surface area contributed by atoms with Crippen LogP contribution < -0.4 is 11.1 Å². The Bertz CT molecular complexity index is 539. The Balaban J connectivity index is 0.00000180. The molecule has 0 saturated carbocycles. The zero-order valence-electron chi connectivity index (χ0n) is 10.4. The summed E-state index contributed by atoms with van der Waals surface area (Å²) < 4.78 is 4.89. The van der Waals surface area contributed by atoms with Crippen molar-refractivity contribution in [3.8, 4) is 0 Å². The van der Waals surface area contributed by atoms with Gasteiger partial charge in [-0.15, -0.1) is 12.4 Å². The van der Waals surface area contributed by atoms with E-state index in [-0.39, 0.29) is 24.9 Å². The zero-order valence-corrected chi connectivity index (χ0v) is 11.2. The van der Waals surface area contributed by atoms with Crippen LogP contribution in [0, 0.1) is 6.92 Å². The summed E-state index contributed by atoms with van der Waals surface area (Å²) in [5.41, 5.74) is 7.15. The largest absolute Gasteiger partial charge is 0.399 e. The normalized spacial score (nSPS) is 9.74. The SMILES string of the molecule is Cc1noc(CNC(=O)Cc2ccc(N)cc2)n1.Cl. The van der Waals surface area contributed by atoms with Crippen LogP contribution in [0.15, 0.2) is 28.8 Å². The quantitative estimate of drug-likeness (QED) is 0.823. The number of carbonyl (C=O) groups is 1. The van der Waals surface area contributed by atoms with Gasteiger partial charge in [0.1, 0.15) is 0 Å². The first-order valence-electron chi connectivity index (χ1n) is 5.54. The molecule has 0 radical (unpaired) electrons. The van der Waals surface area contributed by atoms with Gasteiger partial charge >= 0.3 is 0 Å². The number of benzene rings is 1. The van der Waals surface area contributed by atoms with Crippen molar-refractivity contribution in [3.63, 3.8) is 0 Å². The third-order valence-electron chi connectivity index (χ3n) is 2.35. The maximum absolute atomic E-state index is 11.6. The van der Waals surface area contributed by atoms with Crippen LogP contribution in [-0.4, -0.2) is 16.0 Å². The first-order chi connectivity index (χ1) is 8.63. The Morgan fingerprint density at radius 1 is 1.37 bits per heavy atom. The van der Waals surface area contributed by atoms with Crippen molar-refractivity contribution in [2.75, 3.05) is 5.73 Å². The first kappa shape index (κ1) is 15.0. The number of nitrogens with zero attached hydrogens (tertiary/aromatic N) is 2. The highest BCUT2D eigenvalue weighted by Crippen LogP contribution is 2.06. The lowest BCUT2D eigenvalue weighted by Crippen LogP contribution is -2.24. The molecular weight excluding hydrogens is 268 g/mol. The fourth-order valence-electron chi connectivity index (χ4n) is 1.47. The molecular formula is C12H15ClN4O2. The Morgan fingerprint density at radius 2 is 2.05 bits per heavy atom. The number of halogens is 1. The van der Waals surface area contributed by atoms with Gasteiger partial charge in [-0.05, 0) is 24.6 Å². The molecule has 0 aliphatic heterocycles. The second kappa shape index (κ2) is 6.75. The molecule has 1 amide bonds. The van der Waals surface area contributed by atoms with Crippen LogP contribution in [0.25, 0.3) is 0 Å². The van der Waals surface area contributed by atoms with Crippen LogP contribution in [0.2, 0.25) is 0 Å². The number of nitrogens with two attached hydrogens (primary N) is 1. The fourth-order valence-corrected chi connectivity index (χ4v) is 1.47. The molecule has 3 N–H and O–H groups in total. The molecule has 0 unspecified atom stereocenters. The molecule has 7 heteroatoms. The van der Waals surface area contributed by atoms with Gasteiger partial charge in [0, 0.05) is 5.69 Å². The van der Waals surface area contributed by atoms with Gasteiger partial charge in [-0.25, -0.2) is 0 Å². The second-order valence-electron chi connectivity index (χ2n) is 3.93. The maximum Gasteiger partial charge on any atom is 0.246 e. The lowest BCUT2D eigenvalue weighted by Gasteiger charge is -2.03. The van der Waals surface area contributed by atoms with Gasteiger partial charge < -0.3 is 15.6 Å². The molecule has 0 atom stereocenters. The van der Waals surface area contributed by atoms with E-state index < -0.39 is 0 Å². The van der Waals surface area contributed by atoms with E-state index in [1.54, 1.807) is 19.1 Å². The number of rotatable bonds is 4. The molecule has 0 spiro atoms. The molecule has 6 nitrogen and oxygen atoms in total. The van der Waals surface area contributed by atoms with Crippen molar-refractivity contribution < 1.29 is 9.32 Å². The number of amides is 1. The topological polar surface area (TPSA) is 94.0 Å². The van der Waals surface area contributed by atoms with E-state index >= 15 is 0 Å². The van der Waals surface area contributed by atoms with E-state index in [0.29, 0.717) is 23.8 Å². The molecule has 0 aliphatic carbocycles. The Morgan fingerprint density at radius 3 is 2.63 bits per heavy atom. The minimum absolute atomic E-state index is 0. The average Bonchev–Trinajstić information content (AvgIpc) is 2.76. The molecule has 19 heavy (non-hydrogen) atoms. The second-order valence-corrected chi connectivity index (χ2v) is 3.93. The lowest BCUT2D eigenvalue weighted by atomic mass is 10.1. The molecule has 0 saturated heterocycles. The minimum atomic E-state index is -0.101. The monoisotopic (exact) mass is 282 g/mol. The van der Waals surface area contributed by atoms with Crippen molar-refractivity contribution in [1.29, 1.82) is 0 Å². The number of nitrogen functional groups attached to an aromatic ring is 1. The van der Waals surface area contributed by atoms with Gasteiger partial charge in [0.25, 0.3) is 0 Å². The van der Waals surface area contributed by atoms with Gasteiger partial charge in [-0.1, -0.05) is 17.3 Å². The number of carbonyl (C=O) groups excluding carboxylic acids is 1. The van der Waals surface area contributed by atoms with Crippen LogP contribution in [0.5, 0.6) is 0 Å². The van der Waals surface area contributed by atoms with Gasteiger partial charge in [-0.2, -0.15) is 4.98 Å². The van der Waals surface area contributed by atoms with Gasteiger partial charge in [0.15, 0.2) is 5.82 Å². The average molecular weight is 283 g/mol. The Kier molecular flexibility index (Phi) is 5.32. The van der Waals surface area contributed by atoms with Crippen molar-refractivity contribution in [2.45, 2.75) is 19.9 Å². The summed E-state index contributed by atoms with van der Waals surface area (Å²) in [6.45, 7) is 1.97. The molecule has 0 fully saturated rings. The molecule has 0 aliphatic rings.